The summed E-state index contributed by atoms with van der Waals surface area (Å²) in [6, 6.07) is 7.39. The van der Waals surface area contributed by atoms with Crippen molar-refractivity contribution >= 4 is 5.91 Å². The Hall–Kier alpha value is -3.43. The molecule has 7 nitrogen and oxygen atoms in total. The summed E-state index contributed by atoms with van der Waals surface area (Å²) in [5, 5.41) is 6.80. The lowest BCUT2D eigenvalue weighted by Crippen LogP contribution is -2.31. The molecule has 0 aliphatic rings. The highest BCUT2D eigenvalue weighted by molar-refractivity contribution is 5.94. The molecule has 0 atom stereocenters. The maximum atomic E-state index is 12.6. The fourth-order valence-electron chi connectivity index (χ4n) is 2.57. The largest absolute Gasteiger partial charge is 0.416 e. The van der Waals surface area contributed by atoms with Crippen LogP contribution in [0.25, 0.3) is 11.4 Å². The summed E-state index contributed by atoms with van der Waals surface area (Å²) in [5.74, 6) is -0.0997. The van der Waals surface area contributed by atoms with Crippen LogP contribution >= 0.6 is 0 Å². The van der Waals surface area contributed by atoms with Crippen LogP contribution in [0, 0.1) is 0 Å². The first-order valence-electron chi connectivity index (χ1n) is 8.27. The first-order valence-corrected chi connectivity index (χ1v) is 8.27. The van der Waals surface area contributed by atoms with Crippen LogP contribution in [0.3, 0.4) is 0 Å². The van der Waals surface area contributed by atoms with Crippen molar-refractivity contribution in [3.8, 4) is 11.4 Å². The zero-order chi connectivity index (χ0) is 20.3. The Balaban J connectivity index is 1.64. The molecule has 2 heterocycles. The van der Waals surface area contributed by atoms with Gasteiger partial charge >= 0.3 is 11.9 Å². The molecule has 0 aliphatic heterocycles. The van der Waals surface area contributed by atoms with Gasteiger partial charge in [0.15, 0.2) is 5.82 Å². The summed E-state index contributed by atoms with van der Waals surface area (Å²) in [7, 11) is 1.58. The molecular formula is C18H16F3N5O2. The van der Waals surface area contributed by atoms with Gasteiger partial charge in [-0.3, -0.25) is 14.3 Å². The first-order chi connectivity index (χ1) is 13.3. The molecule has 146 valence electrons. The third kappa shape index (κ3) is 4.11. The lowest BCUT2D eigenvalue weighted by atomic mass is 10.1. The van der Waals surface area contributed by atoms with E-state index >= 15 is 0 Å². The second kappa shape index (κ2) is 7.67. The van der Waals surface area contributed by atoms with Gasteiger partial charge in [-0.2, -0.15) is 13.2 Å². The zero-order valence-corrected chi connectivity index (χ0v) is 14.8. The molecule has 10 heteroatoms. The highest BCUT2D eigenvalue weighted by Crippen LogP contribution is 2.29. The van der Waals surface area contributed by atoms with Crippen molar-refractivity contribution < 1.29 is 18.0 Å². The Morgan fingerprint density at radius 3 is 2.50 bits per heavy atom. The Bertz CT molecular complexity index is 1020. The second-order valence-corrected chi connectivity index (χ2v) is 5.96. The van der Waals surface area contributed by atoms with Crippen molar-refractivity contribution in [1.82, 2.24) is 24.6 Å². The summed E-state index contributed by atoms with van der Waals surface area (Å²) < 4.78 is 40.3. The van der Waals surface area contributed by atoms with Gasteiger partial charge in [0, 0.05) is 37.1 Å². The molecule has 1 aromatic carbocycles. The number of amides is 1. The topological polar surface area (TPSA) is 81.8 Å². The summed E-state index contributed by atoms with van der Waals surface area (Å²) in [6.07, 6.45) is -1.27. The van der Waals surface area contributed by atoms with Crippen LogP contribution in [0.15, 0.2) is 53.6 Å². The molecule has 0 unspecified atom stereocenters. The number of benzene rings is 1. The molecule has 0 spiro atoms. The van der Waals surface area contributed by atoms with E-state index in [0.29, 0.717) is 11.4 Å². The monoisotopic (exact) mass is 391 g/mol. The molecule has 1 amide bonds. The summed E-state index contributed by atoms with van der Waals surface area (Å²) in [4.78, 5) is 28.3. The van der Waals surface area contributed by atoms with Crippen LogP contribution in [-0.2, 0) is 19.8 Å². The summed E-state index contributed by atoms with van der Waals surface area (Å²) >= 11 is 0. The number of pyridine rings is 1. The molecular weight excluding hydrogens is 375 g/mol. The van der Waals surface area contributed by atoms with Gasteiger partial charge in [0.2, 0.25) is 0 Å². The highest BCUT2D eigenvalue weighted by Gasteiger charge is 2.30. The van der Waals surface area contributed by atoms with E-state index in [1.807, 2.05) is 0 Å². The van der Waals surface area contributed by atoms with Crippen molar-refractivity contribution in [2.24, 2.45) is 7.05 Å². The molecule has 2 aromatic heterocycles. The van der Waals surface area contributed by atoms with Crippen LogP contribution in [0.5, 0.6) is 0 Å². The van der Waals surface area contributed by atoms with Crippen LogP contribution in [0.1, 0.15) is 15.9 Å². The molecule has 0 bridgehead atoms. The predicted molar refractivity (Wildman–Crippen MR) is 94.5 cm³/mol. The lowest BCUT2D eigenvalue weighted by Gasteiger charge is -2.08. The fraction of sp³-hybridized carbons (Fsp3) is 0.222. The maximum Gasteiger partial charge on any atom is 0.416 e. The van der Waals surface area contributed by atoms with Crippen LogP contribution in [0.4, 0.5) is 13.2 Å². The lowest BCUT2D eigenvalue weighted by molar-refractivity contribution is -0.137. The van der Waals surface area contributed by atoms with Crippen molar-refractivity contribution in [2.45, 2.75) is 12.7 Å². The summed E-state index contributed by atoms with van der Waals surface area (Å²) in [6.45, 7) is 0.197. The number of hydrogen-bond donors (Lipinski definition) is 1. The van der Waals surface area contributed by atoms with E-state index in [0.717, 1.165) is 24.3 Å². The van der Waals surface area contributed by atoms with Crippen molar-refractivity contribution in [3.05, 3.63) is 70.4 Å². The molecule has 0 fully saturated rings. The number of nitrogens with zero attached hydrogens (tertiary/aromatic N) is 4. The Labute approximate surface area is 157 Å². The highest BCUT2D eigenvalue weighted by atomic mass is 19.4. The molecule has 1 N–H and O–H groups in total. The van der Waals surface area contributed by atoms with Gasteiger partial charge < -0.3 is 5.32 Å². The predicted octanol–water partition coefficient (Wildman–Crippen LogP) is 2.09. The molecule has 3 rings (SSSR count). The van der Waals surface area contributed by atoms with Gasteiger partial charge in [-0.05, 0) is 36.4 Å². The van der Waals surface area contributed by atoms with Crippen molar-refractivity contribution in [1.29, 1.82) is 0 Å². The minimum absolute atomic E-state index is 0.0866. The van der Waals surface area contributed by atoms with Gasteiger partial charge in [0.25, 0.3) is 5.91 Å². The normalized spacial score (nSPS) is 11.4. The van der Waals surface area contributed by atoms with Crippen molar-refractivity contribution in [2.75, 3.05) is 6.54 Å². The minimum Gasteiger partial charge on any atom is -0.350 e. The fourth-order valence-corrected chi connectivity index (χ4v) is 2.57. The number of nitrogens with one attached hydrogen (secondary N) is 1. The number of aromatic nitrogens is 4. The maximum absolute atomic E-state index is 12.6. The Morgan fingerprint density at radius 2 is 1.89 bits per heavy atom. The average molecular weight is 391 g/mol. The number of hydrogen-bond acceptors (Lipinski definition) is 4. The third-order valence-corrected chi connectivity index (χ3v) is 4.04. The van der Waals surface area contributed by atoms with Gasteiger partial charge in [-0.15, -0.1) is 5.10 Å². The standard InChI is InChI=1S/C18H16F3N5O2/c1-25-15(13-3-2-8-22-11-13)24-26(17(25)28)10-9-23-16(27)12-4-6-14(7-5-12)18(19,20)21/h2-8,11H,9-10H2,1H3,(H,23,27). The first kappa shape index (κ1) is 19.3. The quantitative estimate of drug-likeness (QED) is 0.722. The van der Waals surface area contributed by atoms with Crippen LogP contribution in [-0.4, -0.2) is 31.8 Å². The van der Waals surface area contributed by atoms with E-state index in [4.69, 9.17) is 0 Å². The number of alkyl halides is 3. The van der Waals surface area contributed by atoms with E-state index < -0.39 is 17.6 Å². The molecule has 28 heavy (non-hydrogen) atoms. The smallest absolute Gasteiger partial charge is 0.350 e. The molecule has 0 saturated heterocycles. The van der Waals surface area contributed by atoms with Crippen LogP contribution in [0.2, 0.25) is 0 Å². The molecule has 0 radical (unpaired) electrons. The number of rotatable bonds is 5. The minimum atomic E-state index is -4.46. The van der Waals surface area contributed by atoms with Gasteiger partial charge in [-0.25, -0.2) is 9.48 Å². The van der Waals surface area contributed by atoms with Gasteiger partial charge in [0.05, 0.1) is 12.1 Å². The van der Waals surface area contributed by atoms with E-state index in [1.165, 1.54) is 9.25 Å². The molecule has 3 aromatic rings. The number of carbonyl (C=O) groups is 1. The summed E-state index contributed by atoms with van der Waals surface area (Å²) in [5.41, 5.74) is -0.415. The Kier molecular flexibility index (Phi) is 5.30. The van der Waals surface area contributed by atoms with E-state index in [2.05, 4.69) is 15.4 Å². The average Bonchev–Trinajstić information content (AvgIpc) is 2.96. The van der Waals surface area contributed by atoms with Crippen molar-refractivity contribution in [3.63, 3.8) is 0 Å². The molecule has 0 aliphatic carbocycles. The van der Waals surface area contributed by atoms with Gasteiger partial charge in [0.1, 0.15) is 0 Å². The third-order valence-electron chi connectivity index (χ3n) is 4.04. The number of carbonyl (C=O) groups excluding carboxylic acids is 1. The molecule has 0 saturated carbocycles. The second-order valence-electron chi connectivity index (χ2n) is 5.96. The van der Waals surface area contributed by atoms with Crippen LogP contribution < -0.4 is 11.0 Å². The number of halogens is 3. The zero-order valence-electron chi connectivity index (χ0n) is 14.8. The van der Waals surface area contributed by atoms with E-state index in [-0.39, 0.29) is 24.3 Å². The van der Waals surface area contributed by atoms with E-state index in [9.17, 15) is 22.8 Å². The Morgan fingerprint density at radius 1 is 1.18 bits per heavy atom. The van der Waals surface area contributed by atoms with Gasteiger partial charge in [-0.1, -0.05) is 0 Å². The van der Waals surface area contributed by atoms with E-state index in [1.54, 1.807) is 31.6 Å². The SMILES string of the molecule is Cn1c(-c2cccnc2)nn(CCNC(=O)c2ccc(C(F)(F)F)cc2)c1=O.